The van der Waals surface area contributed by atoms with Crippen molar-refractivity contribution in [3.63, 3.8) is 0 Å². The van der Waals surface area contributed by atoms with E-state index in [0.29, 0.717) is 6.42 Å². The van der Waals surface area contributed by atoms with Crippen LogP contribution in [0.3, 0.4) is 0 Å². The Labute approximate surface area is 128 Å². The van der Waals surface area contributed by atoms with Crippen LogP contribution in [0, 0.1) is 6.92 Å². The summed E-state index contributed by atoms with van der Waals surface area (Å²) in [5, 5.41) is 32.8. The van der Waals surface area contributed by atoms with Gasteiger partial charge in [-0.25, -0.2) is 0 Å². The first kappa shape index (κ1) is 21.7. The fraction of sp³-hybridized carbons (Fsp3) is 0.429. The number of hydrogen-bond acceptors (Lipinski definition) is 5. The number of thioether (sulfide) groups is 1. The van der Waals surface area contributed by atoms with Gasteiger partial charge in [0.05, 0.1) is 0 Å². The van der Waals surface area contributed by atoms with E-state index in [0.717, 1.165) is 18.7 Å². The van der Waals surface area contributed by atoms with Gasteiger partial charge in [0, 0.05) is 31.8 Å². The van der Waals surface area contributed by atoms with Crippen LogP contribution in [0.2, 0.25) is 0 Å². The smallest absolute Gasteiger partial charge is 0.300 e. The number of aliphatic hydroxyl groups excluding tert-OH is 2. The number of carboxylic acid groups (broad SMARTS) is 2. The Kier molecular flexibility index (Phi) is 13.9. The van der Waals surface area contributed by atoms with Crippen LogP contribution in [0.25, 0.3) is 0 Å². The summed E-state index contributed by atoms with van der Waals surface area (Å²) in [6.45, 7) is 4.22. The molecule has 6 nitrogen and oxygen atoms in total. The topological polar surface area (TPSA) is 115 Å². The molecule has 0 aromatic heterocycles. The Morgan fingerprint density at radius 1 is 1.10 bits per heavy atom. The third-order valence-corrected chi connectivity index (χ3v) is 2.72. The predicted molar refractivity (Wildman–Crippen MR) is 81.4 cm³/mol. The molecule has 0 amide bonds. The summed E-state index contributed by atoms with van der Waals surface area (Å²) in [4.78, 5) is 19.0. The van der Waals surface area contributed by atoms with Gasteiger partial charge in [-0.05, 0) is 19.1 Å². The normalized spacial score (nSPS) is 10.3. The first-order valence-corrected chi connectivity index (χ1v) is 6.98. The van der Waals surface area contributed by atoms with E-state index in [4.69, 9.17) is 24.9 Å². The number of benzene rings is 1. The van der Waals surface area contributed by atoms with Crippen LogP contribution < -0.4 is 0 Å². The van der Waals surface area contributed by atoms with E-state index >= 15 is 0 Å². The van der Waals surface area contributed by atoms with Crippen molar-refractivity contribution in [2.75, 3.05) is 6.61 Å². The molecule has 0 spiro atoms. The van der Waals surface area contributed by atoms with Crippen molar-refractivity contribution >= 4 is 23.7 Å². The first-order chi connectivity index (χ1) is 9.68. The van der Waals surface area contributed by atoms with Crippen LogP contribution in [0.1, 0.15) is 25.8 Å². The van der Waals surface area contributed by atoms with Crippen molar-refractivity contribution in [3.8, 4) is 0 Å². The third kappa shape index (κ3) is 20.9. The lowest BCUT2D eigenvalue weighted by Crippen LogP contribution is -2.02. The maximum Gasteiger partial charge on any atom is 0.300 e. The molecule has 0 aliphatic rings. The van der Waals surface area contributed by atoms with Crippen LogP contribution in [-0.4, -0.2) is 44.4 Å². The Balaban J connectivity index is 0. The highest BCUT2D eigenvalue weighted by molar-refractivity contribution is 7.99. The maximum atomic E-state index is 9.37. The summed E-state index contributed by atoms with van der Waals surface area (Å²) in [5.74, 6) is -1.67. The molecular weight excluding hydrogens is 296 g/mol. The van der Waals surface area contributed by atoms with Gasteiger partial charge in [0.15, 0.2) is 0 Å². The van der Waals surface area contributed by atoms with Crippen molar-refractivity contribution in [1.29, 1.82) is 0 Å². The summed E-state index contributed by atoms with van der Waals surface area (Å²) in [6, 6.07) is 7.96. The number of aliphatic carboxylic acids is 2. The van der Waals surface area contributed by atoms with E-state index in [2.05, 4.69) is 0 Å². The average Bonchev–Trinajstić information content (AvgIpc) is 2.31. The fourth-order valence-corrected chi connectivity index (χ4v) is 1.77. The molecule has 1 aromatic rings. The van der Waals surface area contributed by atoms with E-state index in [-0.39, 0.29) is 6.61 Å². The molecule has 7 heteroatoms. The summed E-state index contributed by atoms with van der Waals surface area (Å²) < 4.78 is 0. The lowest BCUT2D eigenvalue weighted by Gasteiger charge is -2.07. The lowest BCUT2D eigenvalue weighted by atomic mass is 10.2. The Hall–Kier alpha value is -1.57. The molecule has 0 fully saturated rings. The van der Waals surface area contributed by atoms with Gasteiger partial charge in [0.2, 0.25) is 0 Å². The van der Waals surface area contributed by atoms with Crippen LogP contribution in [0.5, 0.6) is 0 Å². The van der Waals surface area contributed by atoms with Crippen molar-refractivity contribution in [2.45, 2.75) is 37.5 Å². The molecule has 0 aliphatic heterocycles. The molecule has 120 valence electrons. The Bertz CT molecular complexity index is 384. The maximum absolute atomic E-state index is 9.37. The summed E-state index contributed by atoms with van der Waals surface area (Å²) in [5.41, 5.74) is 0.703. The zero-order valence-electron chi connectivity index (χ0n) is 12.3. The van der Waals surface area contributed by atoms with Gasteiger partial charge >= 0.3 is 0 Å². The standard InChI is InChI=1S/C10H14O2S.2C2H4O2/c1-8-2-4-9(5-3-8)13-10(12)6-7-11;2*1-2(3)4/h2-5,10-12H,6-7H2,1H3;2*1H3,(H,3,4). The van der Waals surface area contributed by atoms with E-state index < -0.39 is 17.4 Å². The van der Waals surface area contributed by atoms with E-state index in [1.54, 1.807) is 0 Å². The van der Waals surface area contributed by atoms with Crippen molar-refractivity contribution in [3.05, 3.63) is 29.8 Å². The van der Waals surface area contributed by atoms with Crippen molar-refractivity contribution < 1.29 is 30.0 Å². The molecule has 0 aliphatic carbocycles. The second-order valence-electron chi connectivity index (χ2n) is 3.94. The largest absolute Gasteiger partial charge is 0.481 e. The van der Waals surface area contributed by atoms with Gasteiger partial charge in [0.25, 0.3) is 11.9 Å². The molecule has 0 radical (unpaired) electrons. The number of hydrogen-bond donors (Lipinski definition) is 4. The molecule has 0 heterocycles. The van der Waals surface area contributed by atoms with Crippen LogP contribution >= 0.6 is 11.8 Å². The Morgan fingerprint density at radius 2 is 1.48 bits per heavy atom. The predicted octanol–water partition coefficient (Wildman–Crippen LogP) is 1.97. The highest BCUT2D eigenvalue weighted by Gasteiger charge is 2.04. The minimum absolute atomic E-state index is 0.0278. The molecule has 0 bridgehead atoms. The lowest BCUT2D eigenvalue weighted by molar-refractivity contribution is -0.135. The number of rotatable bonds is 4. The van der Waals surface area contributed by atoms with E-state index in [9.17, 15) is 5.11 Å². The second kappa shape index (κ2) is 13.4. The van der Waals surface area contributed by atoms with Gasteiger partial charge < -0.3 is 20.4 Å². The van der Waals surface area contributed by atoms with Crippen LogP contribution in [-0.2, 0) is 9.59 Å². The number of carbonyl (C=O) groups is 2. The average molecular weight is 318 g/mol. The number of aliphatic hydroxyl groups is 2. The number of aryl methyl sites for hydroxylation is 1. The molecule has 1 aromatic carbocycles. The summed E-state index contributed by atoms with van der Waals surface area (Å²) in [6.07, 6.45) is 0.415. The van der Waals surface area contributed by atoms with Gasteiger partial charge in [0.1, 0.15) is 5.44 Å². The van der Waals surface area contributed by atoms with Crippen molar-refractivity contribution in [2.24, 2.45) is 0 Å². The molecule has 1 unspecified atom stereocenters. The van der Waals surface area contributed by atoms with Crippen molar-refractivity contribution in [1.82, 2.24) is 0 Å². The first-order valence-electron chi connectivity index (χ1n) is 6.10. The number of carboxylic acids is 2. The summed E-state index contributed by atoms with van der Waals surface area (Å²) >= 11 is 1.37. The molecule has 4 N–H and O–H groups in total. The zero-order chi connectivity index (χ0) is 16.8. The van der Waals surface area contributed by atoms with Gasteiger partial charge in [-0.15, -0.1) is 0 Å². The highest BCUT2D eigenvalue weighted by atomic mass is 32.2. The molecule has 21 heavy (non-hydrogen) atoms. The summed E-state index contributed by atoms with van der Waals surface area (Å²) in [7, 11) is 0. The molecule has 0 saturated carbocycles. The fourth-order valence-electron chi connectivity index (χ4n) is 0.943. The molecule has 1 atom stereocenters. The van der Waals surface area contributed by atoms with Gasteiger partial charge in [-0.3, -0.25) is 9.59 Å². The van der Waals surface area contributed by atoms with Gasteiger partial charge in [-0.2, -0.15) is 0 Å². The minimum Gasteiger partial charge on any atom is -0.481 e. The third-order valence-electron chi connectivity index (χ3n) is 1.67. The molecule has 0 saturated heterocycles. The van der Waals surface area contributed by atoms with Crippen LogP contribution in [0.15, 0.2) is 29.2 Å². The molecular formula is C14H22O6S. The monoisotopic (exact) mass is 318 g/mol. The van der Waals surface area contributed by atoms with E-state index in [1.165, 1.54) is 17.3 Å². The van der Waals surface area contributed by atoms with Crippen LogP contribution in [0.4, 0.5) is 0 Å². The SMILES string of the molecule is CC(=O)O.CC(=O)O.Cc1ccc(SC(O)CCO)cc1. The molecule has 1 rings (SSSR count). The minimum atomic E-state index is -0.833. The second-order valence-corrected chi connectivity index (χ2v) is 5.19. The zero-order valence-corrected chi connectivity index (χ0v) is 13.1. The van der Waals surface area contributed by atoms with Gasteiger partial charge in [-0.1, -0.05) is 29.5 Å². The highest BCUT2D eigenvalue weighted by Crippen LogP contribution is 2.23. The van der Waals surface area contributed by atoms with E-state index in [1.807, 2.05) is 31.2 Å². The Morgan fingerprint density at radius 3 is 1.81 bits per heavy atom. The quantitative estimate of drug-likeness (QED) is 0.495.